The Hall–Kier alpha value is -2.49. The molecule has 0 saturated heterocycles. The summed E-state index contributed by atoms with van der Waals surface area (Å²) in [6.45, 7) is 2.78. The number of aryl methyl sites for hydroxylation is 1. The summed E-state index contributed by atoms with van der Waals surface area (Å²) in [6.07, 6.45) is 1.03. The molecule has 1 aliphatic rings. The predicted octanol–water partition coefficient (Wildman–Crippen LogP) is 2.93. The molecule has 4 heteroatoms. The smallest absolute Gasteiger partial charge is 0.201 e. The first-order valence-electron chi connectivity index (χ1n) is 7.17. The van der Waals surface area contributed by atoms with Gasteiger partial charge in [0.25, 0.3) is 0 Å². The van der Waals surface area contributed by atoms with Crippen LogP contribution in [-0.2, 0) is 13.0 Å². The van der Waals surface area contributed by atoms with Gasteiger partial charge in [0.1, 0.15) is 11.9 Å². The van der Waals surface area contributed by atoms with Crippen LogP contribution in [0.15, 0.2) is 42.5 Å². The number of nitrogens with two attached hydrogens (primary N) is 1. The number of ether oxygens (including phenoxy) is 1. The number of hydrogen-bond acceptors (Lipinski definition) is 3. The molecule has 1 unspecified atom stereocenters. The van der Waals surface area contributed by atoms with Crippen LogP contribution >= 0.6 is 0 Å². The lowest BCUT2D eigenvalue weighted by atomic mass is 10.1. The Morgan fingerprint density at radius 3 is 3.00 bits per heavy atom. The molecule has 0 spiro atoms. The SMILES string of the molecule is Cc1ccc2c(c1)nc(N)n2CC1Cc2ccccc2O1. The summed E-state index contributed by atoms with van der Waals surface area (Å²) in [5.74, 6) is 1.54. The lowest BCUT2D eigenvalue weighted by Crippen LogP contribution is -2.21. The second-order valence-corrected chi connectivity index (χ2v) is 5.62. The van der Waals surface area contributed by atoms with Gasteiger partial charge in [-0.1, -0.05) is 24.3 Å². The van der Waals surface area contributed by atoms with Crippen molar-refractivity contribution in [2.75, 3.05) is 5.73 Å². The van der Waals surface area contributed by atoms with Gasteiger partial charge in [0.05, 0.1) is 17.6 Å². The summed E-state index contributed by atoms with van der Waals surface area (Å²) in [5.41, 5.74) is 10.6. The Kier molecular flexibility index (Phi) is 2.64. The van der Waals surface area contributed by atoms with E-state index in [9.17, 15) is 0 Å². The van der Waals surface area contributed by atoms with Crippen LogP contribution in [0.1, 0.15) is 11.1 Å². The third-order valence-corrected chi connectivity index (χ3v) is 4.03. The molecule has 0 radical (unpaired) electrons. The minimum atomic E-state index is 0.114. The van der Waals surface area contributed by atoms with Gasteiger partial charge in [0, 0.05) is 6.42 Å². The number of aromatic nitrogens is 2. The van der Waals surface area contributed by atoms with E-state index >= 15 is 0 Å². The molecule has 0 fully saturated rings. The highest BCUT2D eigenvalue weighted by atomic mass is 16.5. The molecule has 106 valence electrons. The molecule has 0 amide bonds. The summed E-state index contributed by atoms with van der Waals surface area (Å²) in [5, 5.41) is 0. The number of imidazole rings is 1. The van der Waals surface area contributed by atoms with Crippen molar-refractivity contribution in [3.63, 3.8) is 0 Å². The fourth-order valence-corrected chi connectivity index (χ4v) is 3.01. The average Bonchev–Trinajstić information content (AvgIpc) is 3.00. The Morgan fingerprint density at radius 1 is 1.29 bits per heavy atom. The molecule has 4 nitrogen and oxygen atoms in total. The zero-order chi connectivity index (χ0) is 14.4. The quantitative estimate of drug-likeness (QED) is 0.784. The minimum Gasteiger partial charge on any atom is -0.488 e. The molecule has 1 aromatic heterocycles. The van der Waals surface area contributed by atoms with Crippen molar-refractivity contribution in [3.8, 4) is 5.75 Å². The van der Waals surface area contributed by atoms with E-state index in [-0.39, 0.29) is 6.10 Å². The fourth-order valence-electron chi connectivity index (χ4n) is 3.01. The van der Waals surface area contributed by atoms with Gasteiger partial charge in [-0.25, -0.2) is 4.98 Å². The normalized spacial score (nSPS) is 16.9. The van der Waals surface area contributed by atoms with Crippen molar-refractivity contribution < 1.29 is 4.74 Å². The van der Waals surface area contributed by atoms with Crippen molar-refractivity contribution in [1.29, 1.82) is 0 Å². The maximum atomic E-state index is 6.08. The van der Waals surface area contributed by atoms with E-state index in [1.807, 2.05) is 22.8 Å². The Bertz CT molecular complexity index is 797. The van der Waals surface area contributed by atoms with Crippen molar-refractivity contribution >= 4 is 17.0 Å². The van der Waals surface area contributed by atoms with Crippen LogP contribution in [0.2, 0.25) is 0 Å². The van der Waals surface area contributed by atoms with Crippen LogP contribution in [0.5, 0.6) is 5.75 Å². The van der Waals surface area contributed by atoms with Gasteiger partial charge >= 0.3 is 0 Å². The number of rotatable bonds is 2. The van der Waals surface area contributed by atoms with Crippen molar-refractivity contribution in [1.82, 2.24) is 9.55 Å². The van der Waals surface area contributed by atoms with Crippen LogP contribution in [0, 0.1) is 6.92 Å². The number of nitrogen functional groups attached to an aromatic ring is 1. The highest BCUT2D eigenvalue weighted by Crippen LogP contribution is 2.30. The maximum absolute atomic E-state index is 6.08. The molecular weight excluding hydrogens is 262 g/mol. The maximum Gasteiger partial charge on any atom is 0.201 e. The van der Waals surface area contributed by atoms with Gasteiger partial charge < -0.3 is 15.0 Å². The third-order valence-electron chi connectivity index (χ3n) is 4.03. The molecule has 0 bridgehead atoms. The Balaban J connectivity index is 1.65. The van der Waals surface area contributed by atoms with Crippen molar-refractivity contribution in [2.24, 2.45) is 0 Å². The number of benzene rings is 2. The topological polar surface area (TPSA) is 53.1 Å². The Morgan fingerprint density at radius 2 is 2.14 bits per heavy atom. The van der Waals surface area contributed by atoms with E-state index in [2.05, 4.69) is 36.2 Å². The summed E-state index contributed by atoms with van der Waals surface area (Å²) in [7, 11) is 0. The van der Waals surface area contributed by atoms with Crippen LogP contribution < -0.4 is 10.5 Å². The lowest BCUT2D eigenvalue weighted by molar-refractivity contribution is 0.212. The largest absolute Gasteiger partial charge is 0.488 e. The zero-order valence-corrected chi connectivity index (χ0v) is 11.9. The lowest BCUT2D eigenvalue weighted by Gasteiger charge is -2.13. The van der Waals surface area contributed by atoms with Gasteiger partial charge in [-0.2, -0.15) is 0 Å². The van der Waals surface area contributed by atoms with Gasteiger partial charge in [-0.05, 0) is 36.2 Å². The summed E-state index contributed by atoms with van der Waals surface area (Å²) < 4.78 is 8.05. The molecule has 4 rings (SSSR count). The van der Waals surface area contributed by atoms with Crippen LogP contribution in [0.4, 0.5) is 5.95 Å². The molecular formula is C17H17N3O. The van der Waals surface area contributed by atoms with Crippen molar-refractivity contribution in [3.05, 3.63) is 53.6 Å². The fraction of sp³-hybridized carbons (Fsp3) is 0.235. The predicted molar refractivity (Wildman–Crippen MR) is 83.4 cm³/mol. The van der Waals surface area contributed by atoms with E-state index < -0.39 is 0 Å². The van der Waals surface area contributed by atoms with Gasteiger partial charge in [0.15, 0.2) is 0 Å². The first-order chi connectivity index (χ1) is 10.2. The van der Waals surface area contributed by atoms with E-state index in [0.717, 1.165) is 29.7 Å². The number of para-hydroxylation sites is 1. The first-order valence-corrected chi connectivity index (χ1v) is 7.17. The van der Waals surface area contributed by atoms with Crippen LogP contribution in [0.25, 0.3) is 11.0 Å². The number of anilines is 1. The first kappa shape index (κ1) is 12.3. The molecule has 2 aromatic carbocycles. The third kappa shape index (κ3) is 2.03. The molecule has 0 aliphatic carbocycles. The number of nitrogens with zero attached hydrogens (tertiary/aromatic N) is 2. The van der Waals surface area contributed by atoms with Crippen LogP contribution in [-0.4, -0.2) is 15.7 Å². The summed E-state index contributed by atoms with van der Waals surface area (Å²) >= 11 is 0. The summed E-state index contributed by atoms with van der Waals surface area (Å²) in [6, 6.07) is 14.4. The van der Waals surface area contributed by atoms with Crippen LogP contribution in [0.3, 0.4) is 0 Å². The summed E-state index contributed by atoms with van der Waals surface area (Å²) in [4.78, 5) is 4.45. The van der Waals surface area contributed by atoms with E-state index in [1.165, 1.54) is 11.1 Å². The second kappa shape index (κ2) is 4.52. The molecule has 21 heavy (non-hydrogen) atoms. The molecule has 3 aromatic rings. The van der Waals surface area contributed by atoms with E-state index in [4.69, 9.17) is 10.5 Å². The minimum absolute atomic E-state index is 0.114. The van der Waals surface area contributed by atoms with Crippen molar-refractivity contribution in [2.45, 2.75) is 26.0 Å². The Labute approximate surface area is 123 Å². The zero-order valence-electron chi connectivity index (χ0n) is 11.9. The molecule has 1 aliphatic heterocycles. The number of fused-ring (bicyclic) bond motifs is 2. The molecule has 2 N–H and O–H groups in total. The molecule has 0 saturated carbocycles. The monoisotopic (exact) mass is 279 g/mol. The molecule has 1 atom stereocenters. The van der Waals surface area contributed by atoms with Gasteiger partial charge in [0.2, 0.25) is 5.95 Å². The highest BCUT2D eigenvalue weighted by Gasteiger charge is 2.24. The second-order valence-electron chi connectivity index (χ2n) is 5.62. The van der Waals surface area contributed by atoms with Gasteiger partial charge in [-0.15, -0.1) is 0 Å². The number of hydrogen-bond donors (Lipinski definition) is 1. The van der Waals surface area contributed by atoms with Gasteiger partial charge in [-0.3, -0.25) is 0 Å². The standard InChI is InChI=1S/C17H17N3O/c1-11-6-7-15-14(8-11)19-17(18)20(15)10-13-9-12-4-2-3-5-16(12)21-13/h2-8,13H,9-10H2,1H3,(H2,18,19). The average molecular weight is 279 g/mol. The van der Waals surface area contributed by atoms with E-state index in [1.54, 1.807) is 0 Å². The highest BCUT2D eigenvalue weighted by molar-refractivity contribution is 5.79. The molecule has 2 heterocycles. The van der Waals surface area contributed by atoms with E-state index in [0.29, 0.717) is 5.95 Å².